The van der Waals surface area contributed by atoms with Crippen LogP contribution in [0.25, 0.3) is 0 Å². The fraction of sp³-hybridized carbons (Fsp3) is 0.696. The maximum atomic E-state index is 13.2. The van der Waals surface area contributed by atoms with Gasteiger partial charge in [-0.25, -0.2) is 4.39 Å². The van der Waals surface area contributed by atoms with E-state index >= 15 is 0 Å². The molecular formula is C23H32FNO3. The molecule has 154 valence electrons. The summed E-state index contributed by atoms with van der Waals surface area (Å²) in [5, 5.41) is 0. The van der Waals surface area contributed by atoms with E-state index in [9.17, 15) is 9.18 Å². The van der Waals surface area contributed by atoms with Crippen LogP contribution in [-0.4, -0.2) is 56.0 Å². The molecule has 4 rings (SSSR count). The minimum Gasteiger partial charge on any atom is -0.381 e. The van der Waals surface area contributed by atoms with Crippen LogP contribution in [0.5, 0.6) is 0 Å². The standard InChI is InChI=1S/C23H32FNO3/c24-21-13-19(14-21)23(26)25-9-6-22(28-16-18-7-10-27-11-8-18)20(15-25)12-17-4-2-1-3-5-17/h1-5,18-22H,6-16H2/t19?,20-,21?,22-/m1/s1. The van der Waals surface area contributed by atoms with Gasteiger partial charge in [-0.2, -0.15) is 0 Å². The lowest BCUT2D eigenvalue weighted by atomic mass is 9.81. The summed E-state index contributed by atoms with van der Waals surface area (Å²) in [5.74, 6) is 0.922. The summed E-state index contributed by atoms with van der Waals surface area (Å²) < 4.78 is 25.1. The van der Waals surface area contributed by atoms with Crippen molar-refractivity contribution in [1.82, 2.24) is 4.90 Å². The molecule has 2 saturated heterocycles. The second-order valence-electron chi connectivity index (χ2n) is 8.72. The monoisotopic (exact) mass is 389 g/mol. The number of alkyl halides is 1. The Morgan fingerprint density at radius 3 is 2.61 bits per heavy atom. The van der Waals surface area contributed by atoms with E-state index in [0.717, 1.165) is 58.6 Å². The minimum absolute atomic E-state index is 0.105. The highest BCUT2D eigenvalue weighted by molar-refractivity contribution is 5.80. The Bertz CT molecular complexity index is 628. The van der Waals surface area contributed by atoms with E-state index < -0.39 is 6.17 Å². The summed E-state index contributed by atoms with van der Waals surface area (Å²) in [5.41, 5.74) is 1.29. The highest BCUT2D eigenvalue weighted by atomic mass is 19.1. The number of amides is 1. The zero-order valence-corrected chi connectivity index (χ0v) is 16.6. The number of nitrogens with zero attached hydrogens (tertiary/aromatic N) is 1. The first kappa shape index (κ1) is 19.8. The molecule has 0 spiro atoms. The summed E-state index contributed by atoms with van der Waals surface area (Å²) in [4.78, 5) is 14.7. The lowest BCUT2D eigenvalue weighted by Gasteiger charge is -2.42. The van der Waals surface area contributed by atoms with Gasteiger partial charge in [0.25, 0.3) is 0 Å². The lowest BCUT2D eigenvalue weighted by Crippen LogP contribution is -2.51. The van der Waals surface area contributed by atoms with Gasteiger partial charge in [0.2, 0.25) is 5.91 Å². The van der Waals surface area contributed by atoms with E-state index in [0.29, 0.717) is 24.7 Å². The van der Waals surface area contributed by atoms with Gasteiger partial charge < -0.3 is 14.4 Å². The molecule has 0 bridgehead atoms. The Morgan fingerprint density at radius 1 is 1.14 bits per heavy atom. The normalized spacial score (nSPS) is 31.4. The van der Waals surface area contributed by atoms with Gasteiger partial charge in [-0.05, 0) is 50.0 Å². The fourth-order valence-electron chi connectivity index (χ4n) is 4.72. The molecule has 1 amide bonds. The van der Waals surface area contributed by atoms with Gasteiger partial charge in [-0.1, -0.05) is 30.3 Å². The third kappa shape index (κ3) is 4.93. The van der Waals surface area contributed by atoms with Crippen molar-refractivity contribution in [2.45, 2.75) is 50.8 Å². The van der Waals surface area contributed by atoms with E-state index in [4.69, 9.17) is 9.47 Å². The highest BCUT2D eigenvalue weighted by Gasteiger charge is 2.40. The van der Waals surface area contributed by atoms with Crippen LogP contribution in [0.2, 0.25) is 0 Å². The summed E-state index contributed by atoms with van der Waals surface area (Å²) in [7, 11) is 0. The van der Waals surface area contributed by atoms with Crippen molar-refractivity contribution < 1.29 is 18.7 Å². The molecule has 1 saturated carbocycles. The van der Waals surface area contributed by atoms with Crippen LogP contribution in [0, 0.1) is 17.8 Å². The topological polar surface area (TPSA) is 38.8 Å². The quantitative estimate of drug-likeness (QED) is 0.746. The summed E-state index contributed by atoms with van der Waals surface area (Å²) in [6.45, 7) is 3.92. The molecule has 0 N–H and O–H groups in total. The van der Waals surface area contributed by atoms with Crippen LogP contribution < -0.4 is 0 Å². The summed E-state index contributed by atoms with van der Waals surface area (Å²) in [6, 6.07) is 10.5. The van der Waals surface area contributed by atoms with E-state index in [1.54, 1.807) is 0 Å². The average molecular weight is 390 g/mol. The molecule has 28 heavy (non-hydrogen) atoms. The Labute approximate surface area is 167 Å². The van der Waals surface area contributed by atoms with Crippen molar-refractivity contribution >= 4 is 5.91 Å². The SMILES string of the molecule is O=C(C1CC(F)C1)N1CC[C@@H](OCC2CCOCC2)[C@H](Cc2ccccc2)C1. The number of ether oxygens (including phenoxy) is 2. The molecule has 5 heteroatoms. The first-order valence-corrected chi connectivity index (χ1v) is 10.8. The first-order valence-electron chi connectivity index (χ1n) is 10.8. The maximum Gasteiger partial charge on any atom is 0.225 e. The Balaban J connectivity index is 1.37. The second-order valence-corrected chi connectivity index (χ2v) is 8.72. The number of benzene rings is 1. The number of hydrogen-bond acceptors (Lipinski definition) is 3. The molecule has 0 aromatic heterocycles. The van der Waals surface area contributed by atoms with Crippen LogP contribution in [0.4, 0.5) is 4.39 Å². The van der Waals surface area contributed by atoms with E-state index in [1.807, 2.05) is 11.0 Å². The highest BCUT2D eigenvalue weighted by Crippen LogP contribution is 2.34. The molecule has 2 atom stereocenters. The third-order valence-corrected chi connectivity index (χ3v) is 6.63. The molecule has 2 heterocycles. The van der Waals surface area contributed by atoms with Gasteiger partial charge in [0.15, 0.2) is 0 Å². The molecule has 1 aromatic carbocycles. The number of rotatable bonds is 6. The number of piperidine rings is 1. The predicted octanol–water partition coefficient (Wildman–Crippen LogP) is 3.64. The van der Waals surface area contributed by atoms with Crippen molar-refractivity contribution in [3.8, 4) is 0 Å². The largest absolute Gasteiger partial charge is 0.381 e. The minimum atomic E-state index is -0.783. The summed E-state index contributed by atoms with van der Waals surface area (Å²) in [6.07, 6.45) is 4.15. The predicted molar refractivity (Wildman–Crippen MR) is 106 cm³/mol. The third-order valence-electron chi connectivity index (χ3n) is 6.63. The van der Waals surface area contributed by atoms with Gasteiger partial charge in [-0.3, -0.25) is 4.79 Å². The number of hydrogen-bond donors (Lipinski definition) is 0. The van der Waals surface area contributed by atoms with Crippen LogP contribution in [0.15, 0.2) is 30.3 Å². The van der Waals surface area contributed by atoms with Crippen molar-refractivity contribution in [3.63, 3.8) is 0 Å². The Kier molecular flexibility index (Phi) is 6.63. The maximum absolute atomic E-state index is 13.2. The average Bonchev–Trinajstić information content (AvgIpc) is 2.71. The number of carbonyl (C=O) groups is 1. The molecule has 3 fully saturated rings. The number of carbonyl (C=O) groups excluding carboxylic acids is 1. The molecule has 0 unspecified atom stereocenters. The van der Waals surface area contributed by atoms with E-state index in [1.165, 1.54) is 5.56 Å². The van der Waals surface area contributed by atoms with E-state index in [2.05, 4.69) is 24.3 Å². The molecule has 1 aromatic rings. The van der Waals surface area contributed by atoms with Crippen molar-refractivity contribution in [2.24, 2.45) is 17.8 Å². The molecule has 1 aliphatic carbocycles. The summed E-state index contributed by atoms with van der Waals surface area (Å²) >= 11 is 0. The van der Waals surface area contributed by atoms with Gasteiger partial charge in [-0.15, -0.1) is 0 Å². The fourth-order valence-corrected chi connectivity index (χ4v) is 4.72. The second kappa shape index (κ2) is 9.36. The van der Waals surface area contributed by atoms with Gasteiger partial charge in [0.05, 0.1) is 6.10 Å². The van der Waals surface area contributed by atoms with Gasteiger partial charge in [0, 0.05) is 44.7 Å². The zero-order chi connectivity index (χ0) is 19.3. The van der Waals surface area contributed by atoms with Crippen molar-refractivity contribution in [3.05, 3.63) is 35.9 Å². The van der Waals surface area contributed by atoms with Gasteiger partial charge >= 0.3 is 0 Å². The Hall–Kier alpha value is -1.46. The Morgan fingerprint density at radius 2 is 1.89 bits per heavy atom. The van der Waals surface area contributed by atoms with Crippen LogP contribution in [-0.2, 0) is 20.7 Å². The van der Waals surface area contributed by atoms with E-state index in [-0.39, 0.29) is 17.9 Å². The lowest BCUT2D eigenvalue weighted by molar-refractivity contribution is -0.146. The molecule has 2 aliphatic heterocycles. The smallest absolute Gasteiger partial charge is 0.225 e. The molecule has 3 aliphatic rings. The number of halogens is 1. The molecule has 0 radical (unpaired) electrons. The zero-order valence-electron chi connectivity index (χ0n) is 16.6. The van der Waals surface area contributed by atoms with Crippen LogP contribution in [0.3, 0.4) is 0 Å². The molecule has 4 nitrogen and oxygen atoms in total. The van der Waals surface area contributed by atoms with Gasteiger partial charge in [0.1, 0.15) is 6.17 Å². The van der Waals surface area contributed by atoms with Crippen LogP contribution in [0.1, 0.15) is 37.7 Å². The number of likely N-dealkylation sites (tertiary alicyclic amines) is 1. The molecular weight excluding hydrogens is 357 g/mol. The first-order chi connectivity index (χ1) is 13.7. The van der Waals surface area contributed by atoms with Crippen LogP contribution >= 0.6 is 0 Å². The van der Waals surface area contributed by atoms with Crippen molar-refractivity contribution in [2.75, 3.05) is 32.9 Å². The van der Waals surface area contributed by atoms with Crippen molar-refractivity contribution in [1.29, 1.82) is 0 Å².